The summed E-state index contributed by atoms with van der Waals surface area (Å²) in [6.07, 6.45) is 10.1. The molecule has 0 aromatic carbocycles. The molecular formula is C22H38IN7O2. The SMILES string of the molecule is CN=C(NCCC(=O)N1CCN(c2ncccn2)CC1)NCC1(CCOC)CCCC1.I. The predicted octanol–water partition coefficient (Wildman–Crippen LogP) is 1.90. The minimum atomic E-state index is 0. The number of hydrogen-bond donors (Lipinski definition) is 2. The lowest BCUT2D eigenvalue weighted by Gasteiger charge is -2.34. The maximum absolute atomic E-state index is 12.6. The monoisotopic (exact) mass is 559 g/mol. The number of carbonyl (C=O) groups excluding carboxylic acids is 1. The van der Waals surface area contributed by atoms with Crippen LogP contribution in [0.5, 0.6) is 0 Å². The lowest BCUT2D eigenvalue weighted by Crippen LogP contribution is -2.50. The second-order valence-electron chi connectivity index (χ2n) is 8.47. The smallest absolute Gasteiger partial charge is 0.225 e. The van der Waals surface area contributed by atoms with E-state index in [2.05, 4.69) is 30.5 Å². The minimum Gasteiger partial charge on any atom is -0.385 e. The van der Waals surface area contributed by atoms with Crippen molar-refractivity contribution in [3.05, 3.63) is 18.5 Å². The highest BCUT2D eigenvalue weighted by atomic mass is 127. The van der Waals surface area contributed by atoms with Gasteiger partial charge in [-0.2, -0.15) is 0 Å². The van der Waals surface area contributed by atoms with E-state index in [4.69, 9.17) is 4.74 Å². The highest BCUT2D eigenvalue weighted by Gasteiger charge is 2.33. The molecule has 0 atom stereocenters. The lowest BCUT2D eigenvalue weighted by molar-refractivity contribution is -0.131. The van der Waals surface area contributed by atoms with Crippen molar-refractivity contribution in [2.24, 2.45) is 10.4 Å². The summed E-state index contributed by atoms with van der Waals surface area (Å²) >= 11 is 0. The van der Waals surface area contributed by atoms with Crippen LogP contribution >= 0.6 is 24.0 Å². The van der Waals surface area contributed by atoms with E-state index in [1.807, 2.05) is 11.0 Å². The molecule has 2 heterocycles. The van der Waals surface area contributed by atoms with Gasteiger partial charge < -0.3 is 25.2 Å². The molecule has 0 bridgehead atoms. The fourth-order valence-corrected chi connectivity index (χ4v) is 4.51. The minimum absolute atomic E-state index is 0. The molecule has 10 heteroatoms. The third kappa shape index (κ3) is 7.72. The lowest BCUT2D eigenvalue weighted by atomic mass is 9.83. The van der Waals surface area contributed by atoms with Crippen molar-refractivity contribution in [3.63, 3.8) is 0 Å². The van der Waals surface area contributed by atoms with E-state index in [0.29, 0.717) is 31.5 Å². The summed E-state index contributed by atoms with van der Waals surface area (Å²) in [4.78, 5) is 29.6. The number of methoxy groups -OCH3 is 1. The first kappa shape index (κ1) is 26.6. The molecule has 32 heavy (non-hydrogen) atoms. The highest BCUT2D eigenvalue weighted by molar-refractivity contribution is 14.0. The van der Waals surface area contributed by atoms with Gasteiger partial charge in [0, 0.05) is 78.8 Å². The molecule has 9 nitrogen and oxygen atoms in total. The van der Waals surface area contributed by atoms with E-state index < -0.39 is 0 Å². The number of hydrogen-bond acceptors (Lipinski definition) is 6. The van der Waals surface area contributed by atoms with Crippen molar-refractivity contribution in [2.75, 3.05) is 64.9 Å². The van der Waals surface area contributed by atoms with Crippen LogP contribution in [0.1, 0.15) is 38.5 Å². The van der Waals surface area contributed by atoms with Crippen LogP contribution in [0.4, 0.5) is 5.95 Å². The average molecular weight is 559 g/mol. The van der Waals surface area contributed by atoms with Gasteiger partial charge in [-0.15, -0.1) is 24.0 Å². The van der Waals surface area contributed by atoms with Crippen LogP contribution in [0.15, 0.2) is 23.5 Å². The van der Waals surface area contributed by atoms with Gasteiger partial charge >= 0.3 is 0 Å². The molecule has 1 aromatic heterocycles. The molecule has 1 amide bonds. The molecule has 2 N–H and O–H groups in total. The molecule has 1 aliphatic carbocycles. The molecule has 2 fully saturated rings. The van der Waals surface area contributed by atoms with Gasteiger partial charge in [-0.25, -0.2) is 9.97 Å². The maximum atomic E-state index is 12.6. The fourth-order valence-electron chi connectivity index (χ4n) is 4.51. The Bertz CT molecular complexity index is 705. The number of guanidine groups is 1. The zero-order valence-electron chi connectivity index (χ0n) is 19.4. The molecule has 0 radical (unpaired) electrons. The van der Waals surface area contributed by atoms with E-state index in [1.165, 1.54) is 25.7 Å². The Morgan fingerprint density at radius 1 is 1.16 bits per heavy atom. The Morgan fingerprint density at radius 3 is 2.47 bits per heavy atom. The molecular weight excluding hydrogens is 521 g/mol. The molecule has 1 saturated carbocycles. The molecule has 3 rings (SSSR count). The number of carbonyl (C=O) groups is 1. The summed E-state index contributed by atoms with van der Waals surface area (Å²) in [7, 11) is 3.54. The van der Waals surface area contributed by atoms with Gasteiger partial charge in [0.25, 0.3) is 0 Å². The van der Waals surface area contributed by atoms with Crippen LogP contribution < -0.4 is 15.5 Å². The van der Waals surface area contributed by atoms with Crippen molar-refractivity contribution >= 4 is 41.8 Å². The van der Waals surface area contributed by atoms with Crippen LogP contribution in [0.25, 0.3) is 0 Å². The predicted molar refractivity (Wildman–Crippen MR) is 138 cm³/mol. The fraction of sp³-hybridized carbons (Fsp3) is 0.727. The highest BCUT2D eigenvalue weighted by Crippen LogP contribution is 2.40. The first-order valence-electron chi connectivity index (χ1n) is 11.4. The maximum Gasteiger partial charge on any atom is 0.225 e. The number of rotatable bonds is 9. The zero-order chi connectivity index (χ0) is 21.9. The van der Waals surface area contributed by atoms with Gasteiger partial charge in [0.2, 0.25) is 11.9 Å². The average Bonchev–Trinajstić information content (AvgIpc) is 3.29. The first-order valence-corrected chi connectivity index (χ1v) is 11.4. The van der Waals surface area contributed by atoms with Gasteiger partial charge in [-0.1, -0.05) is 12.8 Å². The summed E-state index contributed by atoms with van der Waals surface area (Å²) in [5.41, 5.74) is 0.297. The Hall–Kier alpha value is -1.69. The second kappa shape index (κ2) is 13.8. The molecule has 2 aliphatic rings. The molecule has 1 aromatic rings. The number of piperazine rings is 1. The van der Waals surface area contributed by atoms with Crippen molar-refractivity contribution in [1.82, 2.24) is 25.5 Å². The number of anilines is 1. The molecule has 1 aliphatic heterocycles. The number of aromatic nitrogens is 2. The van der Waals surface area contributed by atoms with Crippen molar-refractivity contribution in [3.8, 4) is 0 Å². The quantitative estimate of drug-likeness (QED) is 0.271. The number of amides is 1. The van der Waals surface area contributed by atoms with Crippen molar-refractivity contribution < 1.29 is 9.53 Å². The van der Waals surface area contributed by atoms with Crippen LogP contribution in [0, 0.1) is 5.41 Å². The molecule has 1 saturated heterocycles. The zero-order valence-corrected chi connectivity index (χ0v) is 21.7. The van der Waals surface area contributed by atoms with E-state index in [-0.39, 0.29) is 29.9 Å². The number of aliphatic imine (C=N–C) groups is 1. The van der Waals surface area contributed by atoms with E-state index in [1.54, 1.807) is 26.6 Å². The molecule has 0 spiro atoms. The Balaban J connectivity index is 0.00000363. The number of ether oxygens (including phenoxy) is 1. The van der Waals surface area contributed by atoms with Gasteiger partial charge in [0.1, 0.15) is 0 Å². The third-order valence-corrected chi connectivity index (χ3v) is 6.45. The largest absolute Gasteiger partial charge is 0.385 e. The van der Waals surface area contributed by atoms with Crippen LogP contribution in [0.3, 0.4) is 0 Å². The summed E-state index contributed by atoms with van der Waals surface area (Å²) in [5.74, 6) is 1.67. The molecule has 180 valence electrons. The van der Waals surface area contributed by atoms with Crippen LogP contribution in [-0.2, 0) is 9.53 Å². The van der Waals surface area contributed by atoms with Crippen molar-refractivity contribution in [2.45, 2.75) is 38.5 Å². The Morgan fingerprint density at radius 2 is 1.84 bits per heavy atom. The van der Waals surface area contributed by atoms with E-state index in [9.17, 15) is 4.79 Å². The van der Waals surface area contributed by atoms with Crippen molar-refractivity contribution in [1.29, 1.82) is 0 Å². The standard InChI is InChI=1S/C22H37N7O2.HI/c1-23-20(27-18-22(9-17-31-2)7-3-4-8-22)24-12-6-19(30)28-13-15-29(16-14-28)21-25-10-5-11-26-21;/h5,10-11H,3-4,6-9,12-18H2,1-2H3,(H2,23,24,27);1H. The summed E-state index contributed by atoms with van der Waals surface area (Å²) in [5, 5.41) is 6.78. The van der Waals surface area contributed by atoms with Gasteiger partial charge in [0.15, 0.2) is 5.96 Å². The summed E-state index contributed by atoms with van der Waals surface area (Å²) in [6.45, 7) is 5.19. The summed E-state index contributed by atoms with van der Waals surface area (Å²) in [6, 6.07) is 1.81. The normalized spacial score (nSPS) is 18.2. The van der Waals surface area contributed by atoms with Gasteiger partial charge in [0.05, 0.1) is 0 Å². The van der Waals surface area contributed by atoms with Gasteiger partial charge in [-0.05, 0) is 30.7 Å². The van der Waals surface area contributed by atoms with E-state index in [0.717, 1.165) is 44.6 Å². The second-order valence-corrected chi connectivity index (χ2v) is 8.47. The number of nitrogens with zero attached hydrogens (tertiary/aromatic N) is 5. The third-order valence-electron chi connectivity index (χ3n) is 6.45. The first-order chi connectivity index (χ1) is 15.2. The van der Waals surface area contributed by atoms with Gasteiger partial charge in [-0.3, -0.25) is 9.79 Å². The van der Waals surface area contributed by atoms with Crippen LogP contribution in [-0.4, -0.2) is 86.8 Å². The number of halogens is 1. The molecule has 0 unspecified atom stereocenters. The van der Waals surface area contributed by atoms with E-state index >= 15 is 0 Å². The number of nitrogens with one attached hydrogen (secondary N) is 2. The topological polar surface area (TPSA) is 95.0 Å². The Labute approximate surface area is 208 Å². The summed E-state index contributed by atoms with van der Waals surface area (Å²) < 4.78 is 5.32. The van der Waals surface area contributed by atoms with Crippen LogP contribution in [0.2, 0.25) is 0 Å². The Kier molecular flexibility index (Phi) is 11.4.